The largest absolute Gasteiger partial charge is 0.497 e. The van der Waals surface area contributed by atoms with Crippen LogP contribution < -0.4 is 10.1 Å². The van der Waals surface area contributed by atoms with E-state index in [0.29, 0.717) is 24.7 Å². The highest BCUT2D eigenvalue weighted by Crippen LogP contribution is 2.21. The van der Waals surface area contributed by atoms with Crippen LogP contribution in [0.3, 0.4) is 0 Å². The van der Waals surface area contributed by atoms with Crippen LogP contribution in [0.15, 0.2) is 28.7 Å². The van der Waals surface area contributed by atoms with Crippen molar-refractivity contribution in [1.29, 1.82) is 0 Å². The smallest absolute Gasteiger partial charge is 0.247 e. The highest BCUT2D eigenvalue weighted by atomic mass is 16.5. The van der Waals surface area contributed by atoms with Gasteiger partial charge in [0.2, 0.25) is 17.7 Å². The number of nitrogens with one attached hydrogen (secondary N) is 1. The molecule has 2 aromatic rings. The van der Waals surface area contributed by atoms with Crippen molar-refractivity contribution in [2.45, 2.75) is 27.2 Å². The molecule has 2 rings (SSSR count). The summed E-state index contributed by atoms with van der Waals surface area (Å²) in [7, 11) is 1.62. The Morgan fingerprint density at radius 2 is 1.91 bits per heavy atom. The first-order valence-electron chi connectivity index (χ1n) is 7.15. The van der Waals surface area contributed by atoms with E-state index in [9.17, 15) is 4.79 Å². The van der Waals surface area contributed by atoms with Gasteiger partial charge in [0.1, 0.15) is 5.75 Å². The van der Waals surface area contributed by atoms with Crippen molar-refractivity contribution in [2.75, 3.05) is 13.7 Å². The molecule has 1 aromatic carbocycles. The molecular formula is C16H21N3O3. The Morgan fingerprint density at radius 1 is 1.23 bits per heavy atom. The normalized spacial score (nSPS) is 11.3. The first kappa shape index (κ1) is 16.0. The number of amides is 1. The summed E-state index contributed by atoms with van der Waals surface area (Å²) < 4.78 is 10.7. The average Bonchev–Trinajstić information content (AvgIpc) is 2.95. The van der Waals surface area contributed by atoms with Crippen LogP contribution in [0.1, 0.15) is 26.7 Å². The van der Waals surface area contributed by atoms with Crippen LogP contribution in [0.4, 0.5) is 0 Å². The molecule has 22 heavy (non-hydrogen) atoms. The molecule has 0 aliphatic rings. The molecule has 0 fully saturated rings. The van der Waals surface area contributed by atoms with Gasteiger partial charge in [-0.05, 0) is 24.3 Å². The fourth-order valence-corrected chi connectivity index (χ4v) is 1.75. The number of hydrogen-bond acceptors (Lipinski definition) is 5. The van der Waals surface area contributed by atoms with Gasteiger partial charge in [0.25, 0.3) is 0 Å². The van der Waals surface area contributed by atoms with Gasteiger partial charge in [0, 0.05) is 23.9 Å². The maximum absolute atomic E-state index is 11.8. The Morgan fingerprint density at radius 3 is 2.50 bits per heavy atom. The second-order valence-corrected chi connectivity index (χ2v) is 5.99. The lowest BCUT2D eigenvalue weighted by atomic mass is 9.96. The van der Waals surface area contributed by atoms with Crippen molar-refractivity contribution >= 4 is 5.91 Å². The highest BCUT2D eigenvalue weighted by molar-refractivity contribution is 5.81. The first-order valence-corrected chi connectivity index (χ1v) is 7.15. The van der Waals surface area contributed by atoms with Gasteiger partial charge in [-0.3, -0.25) is 4.79 Å². The van der Waals surface area contributed by atoms with Gasteiger partial charge in [0.05, 0.1) is 7.11 Å². The van der Waals surface area contributed by atoms with Crippen molar-refractivity contribution < 1.29 is 13.9 Å². The standard InChI is InChI=1S/C16H21N3O3/c1-16(2,3)15(20)17-10-9-13-18-19-14(22-13)11-5-7-12(21-4)8-6-11/h5-8H,9-10H2,1-4H3,(H,17,20). The monoisotopic (exact) mass is 303 g/mol. The number of methoxy groups -OCH3 is 1. The fraction of sp³-hybridized carbons (Fsp3) is 0.438. The average molecular weight is 303 g/mol. The van der Waals surface area contributed by atoms with E-state index < -0.39 is 5.41 Å². The zero-order chi connectivity index (χ0) is 16.2. The number of ether oxygens (including phenoxy) is 1. The summed E-state index contributed by atoms with van der Waals surface area (Å²) in [5.41, 5.74) is 0.432. The molecule has 6 heteroatoms. The quantitative estimate of drug-likeness (QED) is 0.918. The van der Waals surface area contributed by atoms with Gasteiger partial charge < -0.3 is 14.5 Å². The van der Waals surface area contributed by atoms with E-state index in [0.717, 1.165) is 11.3 Å². The van der Waals surface area contributed by atoms with Crippen LogP contribution in [0.2, 0.25) is 0 Å². The van der Waals surface area contributed by atoms with Gasteiger partial charge in [-0.25, -0.2) is 0 Å². The van der Waals surface area contributed by atoms with Gasteiger partial charge >= 0.3 is 0 Å². The number of aromatic nitrogens is 2. The van der Waals surface area contributed by atoms with Crippen LogP contribution in [-0.2, 0) is 11.2 Å². The SMILES string of the molecule is COc1ccc(-c2nnc(CCNC(=O)C(C)(C)C)o2)cc1. The lowest BCUT2D eigenvalue weighted by molar-refractivity contribution is -0.128. The molecule has 0 saturated heterocycles. The minimum Gasteiger partial charge on any atom is -0.497 e. The Bertz CT molecular complexity index is 627. The Balaban J connectivity index is 1.92. The maximum Gasteiger partial charge on any atom is 0.247 e. The number of carbonyl (C=O) groups is 1. The number of hydrogen-bond donors (Lipinski definition) is 1. The molecule has 0 saturated carbocycles. The van der Waals surface area contributed by atoms with Gasteiger partial charge in [-0.15, -0.1) is 10.2 Å². The lowest BCUT2D eigenvalue weighted by Crippen LogP contribution is -2.35. The van der Waals surface area contributed by atoms with Crippen LogP contribution in [-0.4, -0.2) is 29.8 Å². The summed E-state index contributed by atoms with van der Waals surface area (Å²) in [5, 5.41) is 10.9. The molecule has 1 heterocycles. The predicted octanol–water partition coefficient (Wildman–Crippen LogP) is 2.45. The van der Waals surface area contributed by atoms with Crippen molar-refractivity contribution in [1.82, 2.24) is 15.5 Å². The first-order chi connectivity index (χ1) is 10.4. The predicted molar refractivity (Wildman–Crippen MR) is 82.5 cm³/mol. The number of nitrogens with zero attached hydrogens (tertiary/aromatic N) is 2. The number of rotatable bonds is 5. The van der Waals surface area contributed by atoms with Crippen LogP contribution in [0, 0.1) is 5.41 Å². The zero-order valence-electron chi connectivity index (χ0n) is 13.3. The maximum atomic E-state index is 11.8. The van der Waals surface area contributed by atoms with Crippen molar-refractivity contribution in [2.24, 2.45) is 5.41 Å². The summed E-state index contributed by atoms with van der Waals surface area (Å²) in [6.45, 7) is 6.09. The van der Waals surface area contributed by atoms with E-state index in [1.807, 2.05) is 45.0 Å². The molecular weight excluding hydrogens is 282 g/mol. The molecule has 0 bridgehead atoms. The van der Waals surface area contributed by atoms with Crippen LogP contribution >= 0.6 is 0 Å². The summed E-state index contributed by atoms with van der Waals surface area (Å²) >= 11 is 0. The molecule has 118 valence electrons. The number of benzene rings is 1. The summed E-state index contributed by atoms with van der Waals surface area (Å²) in [5.74, 6) is 1.73. The third-order valence-electron chi connectivity index (χ3n) is 3.11. The second kappa shape index (κ2) is 6.60. The van der Waals surface area contributed by atoms with E-state index in [1.54, 1.807) is 7.11 Å². The van der Waals surface area contributed by atoms with E-state index >= 15 is 0 Å². The van der Waals surface area contributed by atoms with Crippen molar-refractivity contribution in [3.05, 3.63) is 30.2 Å². The topological polar surface area (TPSA) is 77.3 Å². The third kappa shape index (κ3) is 4.07. The summed E-state index contributed by atoms with van der Waals surface area (Å²) in [6.07, 6.45) is 0.505. The Kier molecular flexibility index (Phi) is 4.80. The lowest BCUT2D eigenvalue weighted by Gasteiger charge is -2.16. The van der Waals surface area contributed by atoms with Crippen LogP contribution in [0.5, 0.6) is 5.75 Å². The van der Waals surface area contributed by atoms with Gasteiger partial charge in [-0.2, -0.15) is 0 Å². The molecule has 1 amide bonds. The zero-order valence-corrected chi connectivity index (χ0v) is 13.3. The van der Waals surface area contributed by atoms with Gasteiger partial charge in [0.15, 0.2) is 0 Å². The molecule has 0 aliphatic heterocycles. The summed E-state index contributed by atoms with van der Waals surface area (Å²) in [6, 6.07) is 7.39. The molecule has 0 unspecified atom stereocenters. The molecule has 0 aliphatic carbocycles. The van der Waals surface area contributed by atoms with E-state index in [4.69, 9.17) is 9.15 Å². The molecule has 6 nitrogen and oxygen atoms in total. The third-order valence-corrected chi connectivity index (χ3v) is 3.11. The molecule has 0 radical (unpaired) electrons. The van der Waals surface area contributed by atoms with E-state index in [2.05, 4.69) is 15.5 Å². The molecule has 0 spiro atoms. The highest BCUT2D eigenvalue weighted by Gasteiger charge is 2.20. The van der Waals surface area contributed by atoms with Crippen LogP contribution in [0.25, 0.3) is 11.5 Å². The van der Waals surface area contributed by atoms with Crippen molar-refractivity contribution in [3.8, 4) is 17.2 Å². The molecule has 1 aromatic heterocycles. The Labute approximate surface area is 129 Å². The second-order valence-electron chi connectivity index (χ2n) is 5.99. The summed E-state index contributed by atoms with van der Waals surface area (Å²) in [4.78, 5) is 11.8. The number of carbonyl (C=O) groups excluding carboxylic acids is 1. The molecule has 1 N–H and O–H groups in total. The van der Waals surface area contributed by atoms with Gasteiger partial charge in [-0.1, -0.05) is 20.8 Å². The van der Waals surface area contributed by atoms with E-state index in [1.165, 1.54) is 0 Å². The minimum atomic E-state index is -0.400. The Hall–Kier alpha value is -2.37. The minimum absolute atomic E-state index is 0.00222. The fourth-order valence-electron chi connectivity index (χ4n) is 1.75. The molecule has 0 atom stereocenters. The van der Waals surface area contributed by atoms with E-state index in [-0.39, 0.29) is 5.91 Å². The van der Waals surface area contributed by atoms with Crippen molar-refractivity contribution in [3.63, 3.8) is 0 Å².